The van der Waals surface area contributed by atoms with Gasteiger partial charge in [0.05, 0.1) is 25.9 Å². The van der Waals surface area contributed by atoms with Crippen molar-refractivity contribution in [3.63, 3.8) is 0 Å². The molecule has 1 aromatic rings. The summed E-state index contributed by atoms with van der Waals surface area (Å²) < 4.78 is 5.27. The number of morpholine rings is 1. The van der Waals surface area contributed by atoms with E-state index in [1.807, 2.05) is 30.3 Å². The van der Waals surface area contributed by atoms with E-state index in [1.54, 1.807) is 0 Å². The average molecular weight is 406 g/mol. The van der Waals surface area contributed by atoms with Gasteiger partial charge in [0, 0.05) is 25.3 Å². The van der Waals surface area contributed by atoms with Crippen LogP contribution in [0.4, 0.5) is 5.69 Å². The number of benzene rings is 1. The maximum absolute atomic E-state index is 9.94. The van der Waals surface area contributed by atoms with Gasteiger partial charge in [-0.05, 0) is 12.1 Å². The Balaban J connectivity index is 0.00000220. The fourth-order valence-corrected chi connectivity index (χ4v) is 2.05. The first-order valence-corrected chi connectivity index (χ1v) is 6.84. The predicted molar refractivity (Wildman–Crippen MR) is 95.2 cm³/mol. The molecule has 1 atom stereocenters. The van der Waals surface area contributed by atoms with Crippen molar-refractivity contribution in [2.45, 2.75) is 6.10 Å². The van der Waals surface area contributed by atoms with Crippen molar-refractivity contribution in [1.82, 2.24) is 4.90 Å². The van der Waals surface area contributed by atoms with Crippen LogP contribution in [0, 0.1) is 0 Å². The zero-order valence-electron chi connectivity index (χ0n) is 11.9. The minimum absolute atomic E-state index is 0. The van der Waals surface area contributed by atoms with Crippen LogP contribution in [-0.2, 0) is 4.74 Å². The molecular formula is C14H23IN4O2. The number of nitrogens with zero attached hydrogens (tertiary/aromatic N) is 2. The smallest absolute Gasteiger partial charge is 0.193 e. The van der Waals surface area contributed by atoms with Gasteiger partial charge in [0.15, 0.2) is 5.96 Å². The standard InChI is InChI=1S/C14H22N4O2.HI/c15-14(17-12-4-2-1-3-5-12)16-10-13(19)11-18-6-8-20-9-7-18;/h1-5,13,19H,6-11H2,(H3,15,16,17);1H. The summed E-state index contributed by atoms with van der Waals surface area (Å²) in [5, 5.41) is 12.9. The first-order valence-electron chi connectivity index (χ1n) is 6.84. The lowest BCUT2D eigenvalue weighted by molar-refractivity contribution is 0.0165. The molecule has 0 aromatic heterocycles. The van der Waals surface area contributed by atoms with Crippen molar-refractivity contribution in [3.8, 4) is 0 Å². The molecule has 2 rings (SSSR count). The zero-order valence-corrected chi connectivity index (χ0v) is 14.3. The minimum atomic E-state index is -0.510. The van der Waals surface area contributed by atoms with Crippen molar-refractivity contribution >= 4 is 35.6 Å². The van der Waals surface area contributed by atoms with Crippen molar-refractivity contribution in [3.05, 3.63) is 30.3 Å². The van der Waals surface area contributed by atoms with Gasteiger partial charge in [-0.2, -0.15) is 0 Å². The number of rotatable bonds is 5. The molecule has 1 aliphatic heterocycles. The molecule has 0 amide bonds. The van der Waals surface area contributed by atoms with Crippen LogP contribution in [0.1, 0.15) is 0 Å². The van der Waals surface area contributed by atoms with Crippen LogP contribution in [0.2, 0.25) is 0 Å². The second kappa shape index (κ2) is 9.93. The topological polar surface area (TPSA) is 83.1 Å². The Hall–Kier alpha value is -0.900. The molecule has 1 heterocycles. The van der Waals surface area contributed by atoms with Crippen LogP contribution in [0.15, 0.2) is 35.3 Å². The number of anilines is 1. The number of ether oxygens (including phenoxy) is 1. The van der Waals surface area contributed by atoms with Crippen LogP contribution in [0.5, 0.6) is 0 Å². The van der Waals surface area contributed by atoms with Crippen molar-refractivity contribution in [2.75, 3.05) is 44.7 Å². The van der Waals surface area contributed by atoms with E-state index >= 15 is 0 Å². The van der Waals surface area contributed by atoms with E-state index in [0.717, 1.165) is 32.0 Å². The number of aliphatic imine (C=N–C) groups is 1. The number of nitrogens with two attached hydrogens (primary N) is 1. The highest BCUT2D eigenvalue weighted by Gasteiger charge is 2.14. The van der Waals surface area contributed by atoms with Crippen LogP contribution < -0.4 is 11.1 Å². The SMILES string of the molecule is I.NC(=NCC(O)CN1CCOCC1)Nc1ccccc1. The number of β-amino-alcohol motifs (C(OH)–C–C–N with tert-alkyl or cyclic N) is 1. The van der Waals surface area contributed by atoms with Crippen LogP contribution in [0.3, 0.4) is 0 Å². The Kier molecular flexibility index (Phi) is 8.58. The van der Waals surface area contributed by atoms with Gasteiger partial charge in [-0.15, -0.1) is 24.0 Å². The summed E-state index contributed by atoms with van der Waals surface area (Å²) in [5.74, 6) is 0.317. The summed E-state index contributed by atoms with van der Waals surface area (Å²) in [5.41, 5.74) is 6.67. The summed E-state index contributed by atoms with van der Waals surface area (Å²) in [6.45, 7) is 4.08. The quantitative estimate of drug-likeness (QED) is 0.382. The summed E-state index contributed by atoms with van der Waals surface area (Å²) in [6.07, 6.45) is -0.510. The Morgan fingerprint density at radius 3 is 2.67 bits per heavy atom. The highest BCUT2D eigenvalue weighted by molar-refractivity contribution is 14.0. The molecule has 6 nitrogen and oxygen atoms in total. The van der Waals surface area contributed by atoms with Gasteiger partial charge >= 0.3 is 0 Å². The van der Waals surface area contributed by atoms with E-state index in [0.29, 0.717) is 19.0 Å². The largest absolute Gasteiger partial charge is 0.390 e. The molecule has 0 radical (unpaired) electrons. The van der Waals surface area contributed by atoms with Crippen molar-refractivity contribution in [2.24, 2.45) is 10.7 Å². The predicted octanol–water partition coefficient (Wildman–Crippen LogP) is 0.724. The van der Waals surface area contributed by atoms with E-state index in [9.17, 15) is 5.11 Å². The normalized spacial score (nSPS) is 17.9. The van der Waals surface area contributed by atoms with E-state index in [1.165, 1.54) is 0 Å². The second-order valence-corrected chi connectivity index (χ2v) is 4.78. The van der Waals surface area contributed by atoms with Crippen LogP contribution >= 0.6 is 24.0 Å². The summed E-state index contributed by atoms with van der Waals surface area (Å²) in [6, 6.07) is 9.59. The number of hydrogen-bond donors (Lipinski definition) is 3. The van der Waals surface area contributed by atoms with Crippen LogP contribution in [0.25, 0.3) is 0 Å². The van der Waals surface area contributed by atoms with Gasteiger partial charge in [0.2, 0.25) is 0 Å². The molecule has 0 aliphatic carbocycles. The first kappa shape index (κ1) is 18.1. The fraction of sp³-hybridized carbons (Fsp3) is 0.500. The van der Waals surface area contributed by atoms with Crippen molar-refractivity contribution in [1.29, 1.82) is 0 Å². The third-order valence-corrected chi connectivity index (χ3v) is 3.09. The Labute approximate surface area is 142 Å². The Morgan fingerprint density at radius 1 is 1.33 bits per heavy atom. The molecule has 1 saturated heterocycles. The Bertz CT molecular complexity index is 424. The number of nitrogens with one attached hydrogen (secondary N) is 1. The zero-order chi connectivity index (χ0) is 14.2. The van der Waals surface area contributed by atoms with Gasteiger partial charge < -0.3 is 20.9 Å². The van der Waals surface area contributed by atoms with E-state index in [-0.39, 0.29) is 24.0 Å². The van der Waals surface area contributed by atoms with Gasteiger partial charge in [-0.3, -0.25) is 9.89 Å². The molecule has 0 bridgehead atoms. The van der Waals surface area contributed by atoms with Crippen molar-refractivity contribution < 1.29 is 9.84 Å². The average Bonchev–Trinajstić information content (AvgIpc) is 2.47. The monoisotopic (exact) mass is 406 g/mol. The lowest BCUT2D eigenvalue weighted by Gasteiger charge is -2.28. The van der Waals surface area contributed by atoms with Gasteiger partial charge in [-0.1, -0.05) is 18.2 Å². The molecule has 1 aliphatic rings. The van der Waals surface area contributed by atoms with Gasteiger partial charge in [0.1, 0.15) is 0 Å². The number of aliphatic hydroxyl groups excluding tert-OH is 1. The number of aliphatic hydroxyl groups is 1. The fourth-order valence-electron chi connectivity index (χ4n) is 2.05. The van der Waals surface area contributed by atoms with E-state index in [2.05, 4.69) is 15.2 Å². The van der Waals surface area contributed by atoms with E-state index in [4.69, 9.17) is 10.5 Å². The minimum Gasteiger partial charge on any atom is -0.390 e. The lowest BCUT2D eigenvalue weighted by Crippen LogP contribution is -2.42. The summed E-state index contributed by atoms with van der Waals surface area (Å²) in [7, 11) is 0. The number of guanidine groups is 1. The van der Waals surface area contributed by atoms with Crippen LogP contribution in [-0.4, -0.2) is 61.5 Å². The molecule has 0 spiro atoms. The van der Waals surface area contributed by atoms with E-state index < -0.39 is 6.10 Å². The highest BCUT2D eigenvalue weighted by Crippen LogP contribution is 2.04. The molecule has 7 heteroatoms. The molecule has 21 heavy (non-hydrogen) atoms. The molecule has 118 valence electrons. The first-order chi connectivity index (χ1) is 9.74. The van der Waals surface area contributed by atoms with Gasteiger partial charge in [-0.25, -0.2) is 0 Å². The van der Waals surface area contributed by atoms with Gasteiger partial charge in [0.25, 0.3) is 0 Å². The third-order valence-electron chi connectivity index (χ3n) is 3.09. The summed E-state index contributed by atoms with van der Waals surface area (Å²) >= 11 is 0. The lowest BCUT2D eigenvalue weighted by atomic mass is 10.3. The maximum Gasteiger partial charge on any atom is 0.193 e. The molecular weight excluding hydrogens is 383 g/mol. The third kappa shape index (κ3) is 7.07. The Morgan fingerprint density at radius 2 is 2.00 bits per heavy atom. The molecule has 0 saturated carbocycles. The summed E-state index contributed by atoms with van der Waals surface area (Å²) in [4.78, 5) is 6.33. The number of halogens is 1. The number of para-hydroxylation sites is 1. The highest BCUT2D eigenvalue weighted by atomic mass is 127. The maximum atomic E-state index is 9.94. The molecule has 4 N–H and O–H groups in total. The molecule has 1 unspecified atom stereocenters. The molecule has 1 fully saturated rings. The second-order valence-electron chi connectivity index (χ2n) is 4.78. The molecule has 1 aromatic carbocycles. The number of hydrogen-bond acceptors (Lipinski definition) is 4.